The van der Waals surface area contributed by atoms with E-state index < -0.39 is 12.0 Å². The predicted molar refractivity (Wildman–Crippen MR) is 147 cm³/mol. The minimum absolute atomic E-state index is 0. The summed E-state index contributed by atoms with van der Waals surface area (Å²) >= 11 is 0. The predicted octanol–water partition coefficient (Wildman–Crippen LogP) is 6.02. The SMILES string of the molecule is Cl.NC(=O)c1cccc(-c2cccc(N(CCCCN3CCC(c4ccccc4)CC3)C(=O)O)c2)c1. The second-order valence-electron chi connectivity index (χ2n) is 9.16. The van der Waals surface area contributed by atoms with Gasteiger partial charge in [0.05, 0.1) is 0 Å². The Kier molecular flexibility index (Phi) is 9.91. The molecule has 0 bridgehead atoms. The van der Waals surface area contributed by atoms with E-state index in [1.165, 1.54) is 23.3 Å². The van der Waals surface area contributed by atoms with Crippen LogP contribution in [0.2, 0.25) is 0 Å². The Bertz CT molecular complexity index is 1150. The highest BCUT2D eigenvalue weighted by Gasteiger charge is 2.20. The molecule has 36 heavy (non-hydrogen) atoms. The van der Waals surface area contributed by atoms with Crippen LogP contribution in [0.4, 0.5) is 10.5 Å². The number of primary amides is 1. The Morgan fingerprint density at radius 3 is 2.22 bits per heavy atom. The van der Waals surface area contributed by atoms with E-state index in [2.05, 4.69) is 35.2 Å². The molecule has 4 rings (SSSR count). The van der Waals surface area contributed by atoms with Gasteiger partial charge in [0.25, 0.3) is 0 Å². The number of nitrogens with zero attached hydrogens (tertiary/aromatic N) is 2. The zero-order valence-corrected chi connectivity index (χ0v) is 21.2. The van der Waals surface area contributed by atoms with Gasteiger partial charge in [0.15, 0.2) is 0 Å². The number of carbonyl (C=O) groups excluding carboxylic acids is 1. The van der Waals surface area contributed by atoms with Crippen LogP contribution in [0.3, 0.4) is 0 Å². The summed E-state index contributed by atoms with van der Waals surface area (Å²) in [7, 11) is 0. The Balaban J connectivity index is 0.00000361. The molecule has 0 spiro atoms. The first-order valence-corrected chi connectivity index (χ1v) is 12.3. The standard InChI is InChI=1S/C29H33N3O3.ClH/c30-28(33)26-12-6-10-24(20-26)25-11-7-13-27(21-25)32(29(34)35)17-5-4-16-31-18-14-23(15-19-31)22-8-2-1-3-9-22;/h1-3,6-13,20-21,23H,4-5,14-19H2,(H2,30,33)(H,34,35);1H. The first-order valence-electron chi connectivity index (χ1n) is 12.3. The molecular formula is C29H34ClN3O3. The number of hydrogen-bond acceptors (Lipinski definition) is 3. The highest BCUT2D eigenvalue weighted by Crippen LogP contribution is 2.28. The van der Waals surface area contributed by atoms with Gasteiger partial charge in [-0.3, -0.25) is 9.69 Å². The van der Waals surface area contributed by atoms with Crippen molar-refractivity contribution >= 4 is 30.1 Å². The normalized spacial score (nSPS) is 14.1. The van der Waals surface area contributed by atoms with Crippen LogP contribution in [-0.2, 0) is 0 Å². The third-order valence-electron chi connectivity index (χ3n) is 6.83. The molecule has 3 aromatic carbocycles. The van der Waals surface area contributed by atoms with E-state index in [1.807, 2.05) is 30.3 Å². The fraction of sp³-hybridized carbons (Fsp3) is 0.310. The van der Waals surface area contributed by atoms with Crippen molar-refractivity contribution in [2.75, 3.05) is 31.1 Å². The smallest absolute Gasteiger partial charge is 0.411 e. The average Bonchev–Trinajstić information content (AvgIpc) is 2.89. The van der Waals surface area contributed by atoms with E-state index in [9.17, 15) is 14.7 Å². The summed E-state index contributed by atoms with van der Waals surface area (Å²) in [6.45, 7) is 3.62. The largest absolute Gasteiger partial charge is 0.465 e. The van der Waals surface area contributed by atoms with Crippen LogP contribution in [0.1, 0.15) is 47.5 Å². The number of anilines is 1. The van der Waals surface area contributed by atoms with E-state index in [0.29, 0.717) is 23.7 Å². The maximum Gasteiger partial charge on any atom is 0.411 e. The van der Waals surface area contributed by atoms with Crippen molar-refractivity contribution < 1.29 is 14.7 Å². The van der Waals surface area contributed by atoms with Crippen molar-refractivity contribution in [3.05, 3.63) is 90.0 Å². The summed E-state index contributed by atoms with van der Waals surface area (Å²) in [5.74, 6) is 0.158. The molecule has 6 nitrogen and oxygen atoms in total. The third-order valence-corrected chi connectivity index (χ3v) is 6.83. The molecule has 3 N–H and O–H groups in total. The summed E-state index contributed by atoms with van der Waals surface area (Å²) in [6.07, 6.45) is 3.15. The molecule has 0 radical (unpaired) electrons. The molecule has 1 fully saturated rings. The summed E-state index contributed by atoms with van der Waals surface area (Å²) < 4.78 is 0. The van der Waals surface area contributed by atoms with Gasteiger partial charge in [0.1, 0.15) is 0 Å². The van der Waals surface area contributed by atoms with Crippen LogP contribution in [-0.4, -0.2) is 48.2 Å². The van der Waals surface area contributed by atoms with Crippen molar-refractivity contribution in [3.8, 4) is 11.1 Å². The van der Waals surface area contributed by atoms with Gasteiger partial charge >= 0.3 is 6.09 Å². The van der Waals surface area contributed by atoms with E-state index in [-0.39, 0.29) is 12.4 Å². The van der Waals surface area contributed by atoms with Gasteiger partial charge in [-0.05, 0) is 92.2 Å². The number of amides is 2. The van der Waals surface area contributed by atoms with E-state index >= 15 is 0 Å². The summed E-state index contributed by atoms with van der Waals surface area (Å²) in [6, 6.07) is 25.2. The summed E-state index contributed by atoms with van der Waals surface area (Å²) in [5.41, 5.74) is 9.57. The molecule has 0 atom stereocenters. The van der Waals surface area contributed by atoms with Gasteiger partial charge < -0.3 is 15.7 Å². The molecule has 0 saturated carbocycles. The molecule has 1 aliphatic rings. The maximum absolute atomic E-state index is 12.0. The zero-order valence-electron chi connectivity index (χ0n) is 20.4. The van der Waals surface area contributed by atoms with E-state index in [1.54, 1.807) is 18.2 Å². The fourth-order valence-corrected chi connectivity index (χ4v) is 4.86. The lowest BCUT2D eigenvalue weighted by atomic mass is 9.89. The third kappa shape index (κ3) is 7.09. The Morgan fingerprint density at radius 1 is 0.889 bits per heavy atom. The van der Waals surface area contributed by atoms with E-state index in [4.69, 9.17) is 5.73 Å². The van der Waals surface area contributed by atoms with Crippen LogP contribution in [0.25, 0.3) is 11.1 Å². The van der Waals surface area contributed by atoms with Crippen LogP contribution in [0.5, 0.6) is 0 Å². The zero-order chi connectivity index (χ0) is 24.6. The summed E-state index contributed by atoms with van der Waals surface area (Å²) in [5, 5.41) is 9.84. The number of likely N-dealkylation sites (tertiary alicyclic amines) is 1. The Hall–Kier alpha value is -3.35. The maximum atomic E-state index is 12.0. The minimum Gasteiger partial charge on any atom is -0.465 e. The number of nitrogens with two attached hydrogens (primary N) is 1. The lowest BCUT2D eigenvalue weighted by Crippen LogP contribution is -2.34. The molecule has 3 aromatic rings. The monoisotopic (exact) mass is 507 g/mol. The van der Waals surface area contributed by atoms with Crippen LogP contribution in [0, 0.1) is 0 Å². The molecule has 0 aliphatic carbocycles. The van der Waals surface area contributed by atoms with Crippen LogP contribution < -0.4 is 10.6 Å². The summed E-state index contributed by atoms with van der Waals surface area (Å²) in [4.78, 5) is 27.4. The number of halogens is 1. The molecule has 1 heterocycles. The molecule has 190 valence electrons. The number of rotatable bonds is 9. The van der Waals surface area contributed by atoms with Crippen LogP contribution >= 0.6 is 12.4 Å². The van der Waals surface area contributed by atoms with Gasteiger partial charge in [-0.2, -0.15) is 0 Å². The van der Waals surface area contributed by atoms with Crippen molar-refractivity contribution in [1.82, 2.24) is 4.90 Å². The lowest BCUT2D eigenvalue weighted by Gasteiger charge is -2.32. The van der Waals surface area contributed by atoms with Gasteiger partial charge in [0.2, 0.25) is 5.91 Å². The van der Waals surface area contributed by atoms with Crippen molar-refractivity contribution in [3.63, 3.8) is 0 Å². The first-order chi connectivity index (χ1) is 17.0. The number of hydrogen-bond donors (Lipinski definition) is 2. The quantitative estimate of drug-likeness (QED) is 0.347. The Morgan fingerprint density at radius 2 is 1.56 bits per heavy atom. The van der Waals surface area contributed by atoms with Crippen molar-refractivity contribution in [2.24, 2.45) is 5.73 Å². The average molecular weight is 508 g/mol. The number of carboxylic acid groups (broad SMARTS) is 1. The Labute approximate surface area is 219 Å². The van der Waals surface area contributed by atoms with Gasteiger partial charge in [-0.25, -0.2) is 4.79 Å². The van der Waals surface area contributed by atoms with Gasteiger partial charge in [-0.15, -0.1) is 12.4 Å². The first kappa shape index (κ1) is 27.2. The molecule has 0 unspecified atom stereocenters. The minimum atomic E-state index is -0.961. The molecule has 0 aromatic heterocycles. The lowest BCUT2D eigenvalue weighted by molar-refractivity contribution is 0.1000. The van der Waals surface area contributed by atoms with Crippen molar-refractivity contribution in [1.29, 1.82) is 0 Å². The fourth-order valence-electron chi connectivity index (χ4n) is 4.86. The molecule has 7 heteroatoms. The number of carbonyl (C=O) groups is 2. The molecular weight excluding hydrogens is 474 g/mol. The van der Waals surface area contributed by atoms with Crippen LogP contribution in [0.15, 0.2) is 78.9 Å². The number of benzene rings is 3. The topological polar surface area (TPSA) is 86.9 Å². The van der Waals surface area contributed by atoms with Crippen molar-refractivity contribution in [2.45, 2.75) is 31.6 Å². The second-order valence-corrected chi connectivity index (χ2v) is 9.16. The number of piperidine rings is 1. The molecule has 2 amide bonds. The molecule has 1 aliphatic heterocycles. The highest BCUT2D eigenvalue weighted by molar-refractivity contribution is 5.94. The van der Waals surface area contributed by atoms with Gasteiger partial charge in [-0.1, -0.05) is 54.6 Å². The molecule has 1 saturated heterocycles. The van der Waals surface area contributed by atoms with Gasteiger partial charge in [0, 0.05) is 17.8 Å². The number of unbranched alkanes of at least 4 members (excludes halogenated alkanes) is 1. The van der Waals surface area contributed by atoms with E-state index in [0.717, 1.165) is 43.6 Å². The second kappa shape index (κ2) is 13.1. The highest BCUT2D eigenvalue weighted by atomic mass is 35.5.